The van der Waals surface area contributed by atoms with Crippen LogP contribution in [0.4, 0.5) is 0 Å². The van der Waals surface area contributed by atoms with E-state index in [1.807, 2.05) is 38.1 Å². The SMILES string of the molecule is CCOc1ccc(C(C)NC(=O)CCCNC(=O)C2CNC2)cc1. The molecule has 0 radical (unpaired) electrons. The van der Waals surface area contributed by atoms with Crippen molar-refractivity contribution in [3.05, 3.63) is 29.8 Å². The van der Waals surface area contributed by atoms with Crippen LogP contribution in [0.1, 0.15) is 38.3 Å². The van der Waals surface area contributed by atoms with Gasteiger partial charge in [0.25, 0.3) is 0 Å². The molecule has 0 saturated carbocycles. The number of nitrogens with one attached hydrogen (secondary N) is 3. The van der Waals surface area contributed by atoms with Crippen LogP contribution in [0.15, 0.2) is 24.3 Å². The monoisotopic (exact) mass is 333 g/mol. The van der Waals surface area contributed by atoms with Gasteiger partial charge in [0.1, 0.15) is 5.75 Å². The summed E-state index contributed by atoms with van der Waals surface area (Å²) >= 11 is 0. The maximum Gasteiger partial charge on any atom is 0.225 e. The second-order valence-electron chi connectivity index (χ2n) is 6.04. The molecule has 2 rings (SSSR count). The largest absolute Gasteiger partial charge is 0.494 e. The van der Waals surface area contributed by atoms with Crippen LogP contribution in [0, 0.1) is 5.92 Å². The number of hydrogen-bond acceptors (Lipinski definition) is 4. The van der Waals surface area contributed by atoms with E-state index in [0.717, 1.165) is 24.4 Å². The Labute approximate surface area is 143 Å². The van der Waals surface area contributed by atoms with Crippen LogP contribution in [-0.2, 0) is 9.59 Å². The van der Waals surface area contributed by atoms with Gasteiger partial charge in [-0.1, -0.05) is 12.1 Å². The molecule has 1 saturated heterocycles. The second kappa shape index (κ2) is 9.27. The van der Waals surface area contributed by atoms with E-state index in [1.54, 1.807) is 0 Å². The third kappa shape index (κ3) is 5.53. The molecular weight excluding hydrogens is 306 g/mol. The molecule has 132 valence electrons. The summed E-state index contributed by atoms with van der Waals surface area (Å²) in [6, 6.07) is 7.69. The van der Waals surface area contributed by atoms with Crippen molar-refractivity contribution in [2.24, 2.45) is 5.92 Å². The van der Waals surface area contributed by atoms with Crippen molar-refractivity contribution in [1.29, 1.82) is 0 Å². The highest BCUT2D eigenvalue weighted by Gasteiger charge is 2.24. The summed E-state index contributed by atoms with van der Waals surface area (Å²) in [5.41, 5.74) is 1.04. The number of carbonyl (C=O) groups excluding carboxylic acids is 2. The van der Waals surface area contributed by atoms with E-state index in [2.05, 4.69) is 16.0 Å². The molecule has 0 aromatic heterocycles. The van der Waals surface area contributed by atoms with Gasteiger partial charge in [0.15, 0.2) is 0 Å². The van der Waals surface area contributed by atoms with Crippen molar-refractivity contribution < 1.29 is 14.3 Å². The lowest BCUT2D eigenvalue weighted by Gasteiger charge is -2.25. The Hall–Kier alpha value is -2.08. The number of carbonyl (C=O) groups is 2. The molecule has 0 bridgehead atoms. The van der Waals surface area contributed by atoms with E-state index in [9.17, 15) is 9.59 Å². The van der Waals surface area contributed by atoms with E-state index in [-0.39, 0.29) is 23.8 Å². The number of benzene rings is 1. The van der Waals surface area contributed by atoms with Crippen molar-refractivity contribution in [3.8, 4) is 5.75 Å². The van der Waals surface area contributed by atoms with Gasteiger partial charge in [0.05, 0.1) is 18.6 Å². The Bertz CT molecular complexity index is 541. The first-order valence-corrected chi connectivity index (χ1v) is 8.60. The molecule has 6 nitrogen and oxygen atoms in total. The summed E-state index contributed by atoms with van der Waals surface area (Å²) in [4.78, 5) is 23.6. The van der Waals surface area contributed by atoms with Gasteiger partial charge in [-0.25, -0.2) is 0 Å². The van der Waals surface area contributed by atoms with Gasteiger partial charge in [0, 0.05) is 26.1 Å². The lowest BCUT2D eigenvalue weighted by Crippen LogP contribution is -2.50. The maximum absolute atomic E-state index is 12.0. The first-order chi connectivity index (χ1) is 11.6. The lowest BCUT2D eigenvalue weighted by atomic mass is 10.0. The summed E-state index contributed by atoms with van der Waals surface area (Å²) in [6.07, 6.45) is 1.05. The Balaban J connectivity index is 1.64. The predicted octanol–water partition coefficient (Wildman–Crippen LogP) is 1.38. The molecule has 0 aliphatic carbocycles. The first-order valence-electron chi connectivity index (χ1n) is 8.60. The molecule has 0 spiro atoms. The van der Waals surface area contributed by atoms with Gasteiger partial charge in [-0.15, -0.1) is 0 Å². The highest BCUT2D eigenvalue weighted by molar-refractivity contribution is 5.80. The van der Waals surface area contributed by atoms with E-state index in [1.165, 1.54) is 0 Å². The number of amides is 2. The van der Waals surface area contributed by atoms with Crippen molar-refractivity contribution in [1.82, 2.24) is 16.0 Å². The van der Waals surface area contributed by atoms with E-state index < -0.39 is 0 Å². The highest BCUT2D eigenvalue weighted by Crippen LogP contribution is 2.17. The highest BCUT2D eigenvalue weighted by atomic mass is 16.5. The smallest absolute Gasteiger partial charge is 0.225 e. The quantitative estimate of drug-likeness (QED) is 0.597. The van der Waals surface area contributed by atoms with Crippen LogP contribution in [0.25, 0.3) is 0 Å². The van der Waals surface area contributed by atoms with Crippen LogP contribution in [-0.4, -0.2) is 38.1 Å². The van der Waals surface area contributed by atoms with Gasteiger partial charge >= 0.3 is 0 Å². The molecule has 1 fully saturated rings. The molecular formula is C18H27N3O3. The minimum atomic E-state index is -0.0520. The average molecular weight is 333 g/mol. The zero-order chi connectivity index (χ0) is 17.4. The fraction of sp³-hybridized carbons (Fsp3) is 0.556. The Morgan fingerprint density at radius 1 is 1.29 bits per heavy atom. The van der Waals surface area contributed by atoms with Gasteiger partial charge in [-0.3, -0.25) is 9.59 Å². The number of ether oxygens (including phenoxy) is 1. The predicted molar refractivity (Wildman–Crippen MR) is 92.8 cm³/mol. The Kier molecular flexibility index (Phi) is 7.06. The number of rotatable bonds is 9. The molecule has 24 heavy (non-hydrogen) atoms. The van der Waals surface area contributed by atoms with Crippen LogP contribution in [0.5, 0.6) is 5.75 Å². The summed E-state index contributed by atoms with van der Waals surface area (Å²) in [6.45, 7) is 6.60. The number of hydrogen-bond donors (Lipinski definition) is 3. The molecule has 1 heterocycles. The maximum atomic E-state index is 12.0. The lowest BCUT2D eigenvalue weighted by molar-refractivity contribution is -0.127. The van der Waals surface area contributed by atoms with Crippen molar-refractivity contribution in [3.63, 3.8) is 0 Å². The van der Waals surface area contributed by atoms with E-state index in [0.29, 0.717) is 26.0 Å². The third-order valence-electron chi connectivity index (χ3n) is 4.10. The molecule has 1 aromatic rings. The van der Waals surface area contributed by atoms with Crippen LogP contribution < -0.4 is 20.7 Å². The molecule has 1 aliphatic rings. The van der Waals surface area contributed by atoms with E-state index >= 15 is 0 Å². The average Bonchev–Trinajstić information content (AvgIpc) is 2.51. The van der Waals surface area contributed by atoms with Crippen LogP contribution >= 0.6 is 0 Å². The molecule has 1 aliphatic heterocycles. The summed E-state index contributed by atoms with van der Waals surface area (Å²) in [5.74, 6) is 1.00. The molecule has 2 amide bonds. The van der Waals surface area contributed by atoms with Crippen molar-refractivity contribution in [2.75, 3.05) is 26.2 Å². The molecule has 1 aromatic carbocycles. The standard InChI is InChI=1S/C18H27N3O3/c1-3-24-16-8-6-14(7-9-16)13(2)21-17(22)5-4-10-20-18(23)15-11-19-12-15/h6-9,13,15,19H,3-5,10-12H2,1-2H3,(H,20,23)(H,21,22). The molecule has 1 atom stereocenters. The minimum Gasteiger partial charge on any atom is -0.494 e. The van der Waals surface area contributed by atoms with Gasteiger partial charge in [-0.2, -0.15) is 0 Å². The van der Waals surface area contributed by atoms with Gasteiger partial charge in [-0.05, 0) is 38.0 Å². The second-order valence-corrected chi connectivity index (χ2v) is 6.04. The first kappa shape index (κ1) is 18.3. The van der Waals surface area contributed by atoms with Crippen molar-refractivity contribution in [2.45, 2.75) is 32.7 Å². The Morgan fingerprint density at radius 3 is 2.58 bits per heavy atom. The fourth-order valence-corrected chi connectivity index (χ4v) is 2.50. The Morgan fingerprint density at radius 2 is 2.00 bits per heavy atom. The molecule has 6 heteroatoms. The van der Waals surface area contributed by atoms with Crippen LogP contribution in [0.2, 0.25) is 0 Å². The topological polar surface area (TPSA) is 79.5 Å². The summed E-state index contributed by atoms with van der Waals surface area (Å²) in [7, 11) is 0. The zero-order valence-electron chi connectivity index (χ0n) is 14.4. The fourth-order valence-electron chi connectivity index (χ4n) is 2.50. The van der Waals surface area contributed by atoms with Gasteiger partial charge in [0.2, 0.25) is 11.8 Å². The normalized spacial score (nSPS) is 15.2. The molecule has 1 unspecified atom stereocenters. The third-order valence-corrected chi connectivity index (χ3v) is 4.10. The van der Waals surface area contributed by atoms with Gasteiger partial charge < -0.3 is 20.7 Å². The summed E-state index contributed by atoms with van der Waals surface area (Å²) in [5, 5.41) is 8.91. The van der Waals surface area contributed by atoms with Crippen molar-refractivity contribution >= 4 is 11.8 Å². The minimum absolute atomic E-state index is 0.00376. The molecule has 3 N–H and O–H groups in total. The van der Waals surface area contributed by atoms with Crippen LogP contribution in [0.3, 0.4) is 0 Å². The zero-order valence-corrected chi connectivity index (χ0v) is 14.4. The summed E-state index contributed by atoms with van der Waals surface area (Å²) < 4.78 is 5.41. The van der Waals surface area contributed by atoms with E-state index in [4.69, 9.17) is 4.74 Å².